The Morgan fingerprint density at radius 3 is 2.24 bits per heavy atom. The van der Waals surface area contributed by atoms with Crippen molar-refractivity contribution in [3.8, 4) is 0 Å². The van der Waals surface area contributed by atoms with Gasteiger partial charge in [0.15, 0.2) is 0 Å². The Morgan fingerprint density at radius 1 is 0.941 bits per heavy atom. The van der Waals surface area contributed by atoms with Crippen molar-refractivity contribution >= 4 is 10.8 Å². The molecule has 1 heteroatoms. The van der Waals surface area contributed by atoms with Crippen molar-refractivity contribution in [1.29, 1.82) is 0 Å². The molecule has 17 heavy (non-hydrogen) atoms. The van der Waals surface area contributed by atoms with Crippen LogP contribution in [0.4, 0.5) is 0 Å². The molecule has 0 bridgehead atoms. The van der Waals surface area contributed by atoms with Crippen LogP contribution in [0.15, 0.2) is 61.9 Å². The van der Waals surface area contributed by atoms with E-state index in [1.54, 1.807) is 0 Å². The number of hydrogen-bond donors (Lipinski definition) is 0. The zero-order valence-electron chi connectivity index (χ0n) is 9.86. The van der Waals surface area contributed by atoms with Gasteiger partial charge in [0.25, 0.3) is 0 Å². The van der Waals surface area contributed by atoms with Crippen LogP contribution in [0, 0.1) is 0 Å². The Balaban J connectivity index is 2.52. The lowest BCUT2D eigenvalue weighted by Gasteiger charge is -2.09. The van der Waals surface area contributed by atoms with Crippen LogP contribution in [-0.2, 0) is 17.8 Å². The molecule has 86 valence electrons. The van der Waals surface area contributed by atoms with Gasteiger partial charge in [-0.2, -0.15) is 0 Å². The van der Waals surface area contributed by atoms with E-state index in [0.717, 1.165) is 6.42 Å². The van der Waals surface area contributed by atoms with Gasteiger partial charge in [-0.15, -0.1) is 6.58 Å². The van der Waals surface area contributed by atoms with Gasteiger partial charge in [-0.1, -0.05) is 49.1 Å². The monoisotopic (exact) mass is 224 g/mol. The highest BCUT2D eigenvalue weighted by molar-refractivity contribution is 5.88. The first kappa shape index (κ1) is 11.5. The third-order valence-corrected chi connectivity index (χ3v) is 2.82. The lowest BCUT2D eigenvalue weighted by atomic mass is 9.99. The third-order valence-electron chi connectivity index (χ3n) is 2.82. The van der Waals surface area contributed by atoms with Crippen LogP contribution < -0.4 is 0 Å². The first-order valence-electron chi connectivity index (χ1n) is 5.69. The van der Waals surface area contributed by atoms with Gasteiger partial charge in [-0.05, 0) is 28.3 Å². The highest BCUT2D eigenvalue weighted by atomic mass is 16.5. The molecule has 1 nitrogen and oxygen atoms in total. The zero-order chi connectivity index (χ0) is 12.1. The first-order valence-corrected chi connectivity index (χ1v) is 5.69. The highest BCUT2D eigenvalue weighted by Crippen LogP contribution is 2.23. The zero-order valence-corrected chi connectivity index (χ0v) is 9.86. The lowest BCUT2D eigenvalue weighted by Crippen LogP contribution is -1.91. The van der Waals surface area contributed by atoms with Gasteiger partial charge in [0.05, 0.1) is 6.26 Å². The van der Waals surface area contributed by atoms with Crippen molar-refractivity contribution in [3.05, 3.63) is 73.0 Å². The minimum absolute atomic E-state index is 0.568. The fourth-order valence-corrected chi connectivity index (χ4v) is 2.05. The fourth-order valence-electron chi connectivity index (χ4n) is 2.05. The van der Waals surface area contributed by atoms with Gasteiger partial charge in [-0.3, -0.25) is 0 Å². The van der Waals surface area contributed by atoms with E-state index in [-0.39, 0.29) is 0 Å². The number of hydrogen-bond acceptors (Lipinski definition) is 1. The number of allylic oxidation sites excluding steroid dienone is 1. The smallest absolute Gasteiger partial charge is 0.113 e. The summed E-state index contributed by atoms with van der Waals surface area (Å²) in [6, 6.07) is 12.6. The molecule has 0 fully saturated rings. The standard InChI is InChI=1S/C16H16O/c1-3-7-13-8-5-11-16-14(12-17-4-2)9-6-10-15(13)16/h3-6,8-11H,1-2,7,12H2. The van der Waals surface area contributed by atoms with E-state index in [1.165, 1.54) is 28.2 Å². The summed E-state index contributed by atoms with van der Waals surface area (Å²) < 4.78 is 5.27. The molecule has 0 aliphatic carbocycles. The molecule has 2 aromatic carbocycles. The third kappa shape index (κ3) is 2.39. The fraction of sp³-hybridized carbons (Fsp3) is 0.125. The minimum atomic E-state index is 0.568. The van der Waals surface area contributed by atoms with Crippen molar-refractivity contribution in [1.82, 2.24) is 0 Å². The van der Waals surface area contributed by atoms with Crippen molar-refractivity contribution < 1.29 is 4.74 Å². The predicted molar refractivity (Wildman–Crippen MR) is 72.8 cm³/mol. The largest absolute Gasteiger partial charge is 0.497 e. The first-order chi connectivity index (χ1) is 8.36. The Kier molecular flexibility index (Phi) is 3.61. The second-order valence-corrected chi connectivity index (χ2v) is 3.90. The van der Waals surface area contributed by atoms with Crippen LogP contribution >= 0.6 is 0 Å². The van der Waals surface area contributed by atoms with Crippen LogP contribution in [0.5, 0.6) is 0 Å². The Hall–Kier alpha value is -2.02. The molecule has 0 aliphatic rings. The topological polar surface area (TPSA) is 9.23 Å². The lowest BCUT2D eigenvalue weighted by molar-refractivity contribution is 0.239. The van der Waals surface area contributed by atoms with Crippen LogP contribution in [0.25, 0.3) is 10.8 Å². The van der Waals surface area contributed by atoms with Crippen LogP contribution in [0.3, 0.4) is 0 Å². The van der Waals surface area contributed by atoms with Gasteiger partial charge in [0, 0.05) is 0 Å². The van der Waals surface area contributed by atoms with Crippen LogP contribution in [0.1, 0.15) is 11.1 Å². The van der Waals surface area contributed by atoms with E-state index in [2.05, 4.69) is 49.6 Å². The molecule has 0 amide bonds. The van der Waals surface area contributed by atoms with E-state index in [0.29, 0.717) is 6.61 Å². The van der Waals surface area contributed by atoms with E-state index in [9.17, 15) is 0 Å². The summed E-state index contributed by atoms with van der Waals surface area (Å²) in [5.41, 5.74) is 2.49. The van der Waals surface area contributed by atoms with Gasteiger partial charge < -0.3 is 4.74 Å². The Bertz CT molecular complexity index is 540. The molecular weight excluding hydrogens is 208 g/mol. The molecule has 0 saturated heterocycles. The SMILES string of the molecule is C=CCc1cccc2c(COC=C)cccc12. The van der Waals surface area contributed by atoms with Gasteiger partial charge in [0.1, 0.15) is 6.61 Å². The maximum absolute atomic E-state index is 5.27. The number of fused-ring (bicyclic) bond motifs is 1. The van der Waals surface area contributed by atoms with Crippen molar-refractivity contribution in [2.24, 2.45) is 0 Å². The normalized spacial score (nSPS) is 10.1. The second kappa shape index (κ2) is 5.35. The van der Waals surface area contributed by atoms with Crippen molar-refractivity contribution in [3.63, 3.8) is 0 Å². The van der Waals surface area contributed by atoms with E-state index < -0.39 is 0 Å². The van der Waals surface area contributed by atoms with Gasteiger partial charge in [0.2, 0.25) is 0 Å². The summed E-state index contributed by atoms with van der Waals surface area (Å²) in [6.45, 7) is 7.93. The van der Waals surface area contributed by atoms with E-state index >= 15 is 0 Å². The van der Waals surface area contributed by atoms with Crippen molar-refractivity contribution in [2.45, 2.75) is 13.0 Å². The van der Waals surface area contributed by atoms with Crippen molar-refractivity contribution in [2.75, 3.05) is 0 Å². The molecule has 0 spiro atoms. The summed E-state index contributed by atoms with van der Waals surface area (Å²) >= 11 is 0. The Labute approximate surface area is 102 Å². The van der Waals surface area contributed by atoms with Gasteiger partial charge in [-0.25, -0.2) is 0 Å². The highest BCUT2D eigenvalue weighted by Gasteiger charge is 2.03. The molecule has 2 rings (SSSR count). The maximum Gasteiger partial charge on any atom is 0.113 e. The average molecular weight is 224 g/mol. The second-order valence-electron chi connectivity index (χ2n) is 3.90. The van der Waals surface area contributed by atoms with Crippen LogP contribution in [0.2, 0.25) is 0 Å². The average Bonchev–Trinajstić information content (AvgIpc) is 2.37. The van der Waals surface area contributed by atoms with E-state index in [1.807, 2.05) is 6.08 Å². The molecule has 0 heterocycles. The number of benzene rings is 2. The summed E-state index contributed by atoms with van der Waals surface area (Å²) in [5, 5.41) is 2.52. The Morgan fingerprint density at radius 2 is 1.59 bits per heavy atom. The molecule has 0 radical (unpaired) electrons. The maximum atomic E-state index is 5.27. The summed E-state index contributed by atoms with van der Waals surface area (Å²) in [6.07, 6.45) is 4.30. The van der Waals surface area contributed by atoms with Crippen LogP contribution in [-0.4, -0.2) is 0 Å². The molecule has 0 saturated carbocycles. The minimum Gasteiger partial charge on any atom is -0.497 e. The molecular formula is C16H16O. The molecule has 0 N–H and O–H groups in total. The summed E-state index contributed by atoms with van der Waals surface area (Å²) in [5.74, 6) is 0. The molecule has 0 aromatic heterocycles. The molecule has 2 aromatic rings. The summed E-state index contributed by atoms with van der Waals surface area (Å²) in [7, 11) is 0. The van der Waals surface area contributed by atoms with Gasteiger partial charge >= 0.3 is 0 Å². The molecule has 0 unspecified atom stereocenters. The number of rotatable bonds is 5. The number of ether oxygens (including phenoxy) is 1. The quantitative estimate of drug-likeness (QED) is 0.545. The molecule has 0 aliphatic heterocycles. The molecule has 0 atom stereocenters. The van der Waals surface area contributed by atoms with E-state index in [4.69, 9.17) is 4.74 Å². The summed E-state index contributed by atoms with van der Waals surface area (Å²) in [4.78, 5) is 0. The predicted octanol–water partition coefficient (Wildman–Crippen LogP) is 4.23.